The number of rotatable bonds is 4. The first-order valence-corrected chi connectivity index (χ1v) is 9.63. The van der Waals surface area contributed by atoms with Gasteiger partial charge in [-0.05, 0) is 37.6 Å². The van der Waals surface area contributed by atoms with Gasteiger partial charge in [0.25, 0.3) is 0 Å². The molecule has 1 saturated heterocycles. The standard InChI is InChI=1S/C18H19FN2O5S/c1-18(2)11-26-16(12-4-3-5-14(19)6-12)10-21(18)27(24,25)15-7-13(17(22)23)8-20-9-15/h3-9,16H,10-11H2,1-2H3,(H,22,23). The molecule has 1 atom stereocenters. The van der Waals surface area contributed by atoms with Crippen molar-refractivity contribution in [3.8, 4) is 0 Å². The Morgan fingerprint density at radius 1 is 1.33 bits per heavy atom. The highest BCUT2D eigenvalue weighted by Crippen LogP contribution is 2.34. The number of hydrogen-bond acceptors (Lipinski definition) is 5. The molecular weight excluding hydrogens is 375 g/mol. The summed E-state index contributed by atoms with van der Waals surface area (Å²) in [4.78, 5) is 14.7. The molecule has 1 N–H and O–H groups in total. The fourth-order valence-electron chi connectivity index (χ4n) is 2.96. The van der Waals surface area contributed by atoms with E-state index in [9.17, 15) is 17.6 Å². The van der Waals surface area contributed by atoms with Crippen molar-refractivity contribution in [3.63, 3.8) is 0 Å². The third-order valence-electron chi connectivity index (χ3n) is 4.41. The van der Waals surface area contributed by atoms with Crippen molar-refractivity contribution in [2.45, 2.75) is 30.4 Å². The van der Waals surface area contributed by atoms with E-state index in [0.29, 0.717) is 5.56 Å². The van der Waals surface area contributed by atoms with Crippen LogP contribution in [0.15, 0.2) is 47.6 Å². The van der Waals surface area contributed by atoms with Gasteiger partial charge in [-0.1, -0.05) is 12.1 Å². The van der Waals surface area contributed by atoms with Crippen molar-refractivity contribution < 1.29 is 27.4 Å². The quantitative estimate of drug-likeness (QED) is 0.856. The molecule has 0 radical (unpaired) electrons. The van der Waals surface area contributed by atoms with Crippen molar-refractivity contribution in [2.75, 3.05) is 13.2 Å². The van der Waals surface area contributed by atoms with E-state index in [1.165, 1.54) is 22.5 Å². The highest BCUT2D eigenvalue weighted by atomic mass is 32.2. The molecule has 2 aromatic rings. The second kappa shape index (κ2) is 6.99. The van der Waals surface area contributed by atoms with Crippen LogP contribution < -0.4 is 0 Å². The van der Waals surface area contributed by atoms with E-state index in [0.717, 1.165) is 18.5 Å². The number of carboxylic acids is 1. The first kappa shape index (κ1) is 19.4. The van der Waals surface area contributed by atoms with E-state index in [4.69, 9.17) is 9.84 Å². The van der Waals surface area contributed by atoms with Crippen LogP contribution in [0, 0.1) is 5.82 Å². The molecule has 1 aromatic carbocycles. The summed E-state index contributed by atoms with van der Waals surface area (Å²) in [5.41, 5.74) is -0.561. The van der Waals surface area contributed by atoms with Crippen LogP contribution >= 0.6 is 0 Å². The molecule has 1 aliphatic heterocycles. The SMILES string of the molecule is CC1(C)COC(c2cccc(F)c2)CN1S(=O)(=O)c1cncc(C(=O)O)c1. The Bertz CT molecular complexity index is 977. The maximum Gasteiger partial charge on any atom is 0.337 e. The maximum absolute atomic E-state index is 13.5. The molecule has 0 aliphatic carbocycles. The number of carbonyl (C=O) groups is 1. The summed E-state index contributed by atoms with van der Waals surface area (Å²) >= 11 is 0. The minimum atomic E-state index is -4.04. The highest BCUT2D eigenvalue weighted by Gasteiger charge is 2.43. The second-order valence-electron chi connectivity index (χ2n) is 6.92. The highest BCUT2D eigenvalue weighted by molar-refractivity contribution is 7.89. The van der Waals surface area contributed by atoms with E-state index in [-0.39, 0.29) is 23.6 Å². The molecule has 0 saturated carbocycles. The summed E-state index contributed by atoms with van der Waals surface area (Å²) in [6.07, 6.45) is 1.56. The number of morpholine rings is 1. The third kappa shape index (κ3) is 3.85. The van der Waals surface area contributed by atoms with Gasteiger partial charge in [-0.15, -0.1) is 0 Å². The Hall–Kier alpha value is -2.36. The van der Waals surface area contributed by atoms with Gasteiger partial charge in [0.2, 0.25) is 10.0 Å². The number of nitrogens with zero attached hydrogens (tertiary/aromatic N) is 2. The number of sulfonamides is 1. The van der Waals surface area contributed by atoms with Crippen LogP contribution in [0.1, 0.15) is 35.9 Å². The van der Waals surface area contributed by atoms with Gasteiger partial charge in [0.15, 0.2) is 0 Å². The van der Waals surface area contributed by atoms with Crippen LogP contribution in [-0.2, 0) is 14.8 Å². The molecule has 1 unspecified atom stereocenters. The van der Waals surface area contributed by atoms with Crippen LogP contribution in [0.25, 0.3) is 0 Å². The zero-order valence-corrected chi connectivity index (χ0v) is 15.6. The van der Waals surface area contributed by atoms with Gasteiger partial charge in [-0.3, -0.25) is 4.98 Å². The number of aromatic nitrogens is 1. The Balaban J connectivity index is 1.98. The van der Waals surface area contributed by atoms with E-state index >= 15 is 0 Å². The number of aromatic carboxylic acids is 1. The summed E-state index contributed by atoms with van der Waals surface area (Å²) in [5, 5.41) is 9.10. The molecule has 144 valence electrons. The maximum atomic E-state index is 13.5. The zero-order valence-electron chi connectivity index (χ0n) is 14.8. The van der Waals surface area contributed by atoms with Crippen molar-refractivity contribution in [3.05, 3.63) is 59.7 Å². The summed E-state index contributed by atoms with van der Waals surface area (Å²) in [6.45, 7) is 3.48. The average Bonchev–Trinajstić information content (AvgIpc) is 2.61. The molecule has 0 amide bonds. The minimum absolute atomic E-state index is 0.0317. The lowest BCUT2D eigenvalue weighted by atomic mass is 10.0. The lowest BCUT2D eigenvalue weighted by Crippen LogP contribution is -2.56. The van der Waals surface area contributed by atoms with Gasteiger partial charge in [-0.2, -0.15) is 4.31 Å². The molecule has 0 spiro atoms. The van der Waals surface area contributed by atoms with E-state index in [1.54, 1.807) is 19.9 Å². The molecule has 1 aliphatic rings. The Morgan fingerprint density at radius 3 is 2.74 bits per heavy atom. The number of ether oxygens (including phenoxy) is 1. The predicted molar refractivity (Wildman–Crippen MR) is 94.3 cm³/mol. The summed E-state index contributed by atoms with van der Waals surface area (Å²) in [7, 11) is -4.04. The molecule has 7 nitrogen and oxygen atoms in total. The van der Waals surface area contributed by atoms with Crippen LogP contribution in [0.4, 0.5) is 4.39 Å². The fraction of sp³-hybridized carbons (Fsp3) is 0.333. The molecule has 0 bridgehead atoms. The van der Waals surface area contributed by atoms with Crippen LogP contribution in [-0.4, -0.2) is 47.5 Å². The second-order valence-corrected chi connectivity index (χ2v) is 8.78. The Morgan fingerprint density at radius 2 is 2.07 bits per heavy atom. The predicted octanol–water partition coefficient (Wildman–Crippen LogP) is 2.46. The molecule has 9 heteroatoms. The normalized spacial score (nSPS) is 20.3. The van der Waals surface area contributed by atoms with Gasteiger partial charge in [0.1, 0.15) is 10.7 Å². The first-order chi connectivity index (χ1) is 12.6. The number of carboxylic acid groups (broad SMARTS) is 1. The van der Waals surface area contributed by atoms with Gasteiger partial charge in [-0.25, -0.2) is 17.6 Å². The van der Waals surface area contributed by atoms with E-state index in [1.807, 2.05) is 0 Å². The number of benzene rings is 1. The molecule has 1 aromatic heterocycles. The van der Waals surface area contributed by atoms with Gasteiger partial charge in [0, 0.05) is 18.9 Å². The lowest BCUT2D eigenvalue weighted by Gasteiger charge is -2.44. The topological polar surface area (TPSA) is 96.8 Å². The van der Waals surface area contributed by atoms with Gasteiger partial charge >= 0.3 is 5.97 Å². The van der Waals surface area contributed by atoms with Crippen molar-refractivity contribution in [2.24, 2.45) is 0 Å². The lowest BCUT2D eigenvalue weighted by molar-refractivity contribution is -0.0656. The Labute approximate surface area is 156 Å². The number of pyridine rings is 1. The van der Waals surface area contributed by atoms with Crippen LogP contribution in [0.5, 0.6) is 0 Å². The molecule has 2 heterocycles. The zero-order chi connectivity index (χ0) is 19.8. The molecule has 1 fully saturated rings. The number of hydrogen-bond donors (Lipinski definition) is 1. The van der Waals surface area contributed by atoms with Gasteiger partial charge in [0.05, 0.1) is 23.8 Å². The van der Waals surface area contributed by atoms with Crippen molar-refractivity contribution in [1.82, 2.24) is 9.29 Å². The third-order valence-corrected chi connectivity index (χ3v) is 6.46. The fourth-order valence-corrected chi connectivity index (χ4v) is 4.72. The number of halogens is 1. The molecule has 27 heavy (non-hydrogen) atoms. The Kier molecular flexibility index (Phi) is 5.02. The van der Waals surface area contributed by atoms with E-state index in [2.05, 4.69) is 4.98 Å². The van der Waals surface area contributed by atoms with Crippen LogP contribution in [0.2, 0.25) is 0 Å². The van der Waals surface area contributed by atoms with Gasteiger partial charge < -0.3 is 9.84 Å². The molecule has 3 rings (SSSR count). The smallest absolute Gasteiger partial charge is 0.337 e. The monoisotopic (exact) mass is 394 g/mol. The summed E-state index contributed by atoms with van der Waals surface area (Å²) in [5.74, 6) is -1.70. The van der Waals surface area contributed by atoms with Crippen LogP contribution in [0.3, 0.4) is 0 Å². The molecular formula is C18H19FN2O5S. The average molecular weight is 394 g/mol. The minimum Gasteiger partial charge on any atom is -0.478 e. The largest absolute Gasteiger partial charge is 0.478 e. The van der Waals surface area contributed by atoms with Crippen molar-refractivity contribution in [1.29, 1.82) is 0 Å². The summed E-state index contributed by atoms with van der Waals surface area (Å²) in [6, 6.07) is 6.89. The van der Waals surface area contributed by atoms with Crippen molar-refractivity contribution >= 4 is 16.0 Å². The van der Waals surface area contributed by atoms with E-state index < -0.39 is 33.5 Å². The first-order valence-electron chi connectivity index (χ1n) is 8.19. The summed E-state index contributed by atoms with van der Waals surface area (Å²) < 4.78 is 46.9.